The van der Waals surface area contributed by atoms with Gasteiger partial charge < -0.3 is 20.3 Å². The Balaban J connectivity index is 1.55. The number of hydrogen-bond donors (Lipinski definition) is 3. The molecule has 0 aliphatic carbocycles. The number of imidazole rings is 1. The molecule has 0 bridgehead atoms. The number of amides is 1. The molecule has 0 radical (unpaired) electrons. The third-order valence-electron chi connectivity index (χ3n) is 4.52. The highest BCUT2D eigenvalue weighted by atomic mass is 16.5. The van der Waals surface area contributed by atoms with Crippen LogP contribution in [0.3, 0.4) is 0 Å². The summed E-state index contributed by atoms with van der Waals surface area (Å²) in [5, 5.41) is 22.0. The predicted molar refractivity (Wildman–Crippen MR) is 95.7 cm³/mol. The molecule has 2 aromatic heterocycles. The van der Waals surface area contributed by atoms with Gasteiger partial charge in [-0.2, -0.15) is 0 Å². The second kappa shape index (κ2) is 7.39. The number of nitrogens with zero attached hydrogens (tertiary/aromatic N) is 4. The van der Waals surface area contributed by atoms with Gasteiger partial charge in [0.1, 0.15) is 18.7 Å². The highest BCUT2D eigenvalue weighted by Crippen LogP contribution is 2.31. The van der Waals surface area contributed by atoms with E-state index in [0.29, 0.717) is 23.4 Å². The van der Waals surface area contributed by atoms with Crippen molar-refractivity contribution < 1.29 is 19.7 Å². The molecule has 3 heterocycles. The number of nitrogens with one attached hydrogen (secondary N) is 1. The van der Waals surface area contributed by atoms with Gasteiger partial charge in [-0.3, -0.25) is 9.36 Å². The van der Waals surface area contributed by atoms with Crippen LogP contribution in [0.25, 0.3) is 11.2 Å². The summed E-state index contributed by atoms with van der Waals surface area (Å²) in [4.78, 5) is 25.0. The van der Waals surface area contributed by atoms with Crippen molar-refractivity contribution in [3.63, 3.8) is 0 Å². The first-order chi connectivity index (χ1) is 13.2. The lowest BCUT2D eigenvalue weighted by Gasteiger charge is -2.13. The Bertz CT molecular complexity index is 945. The number of aliphatic hydroxyl groups is 2. The van der Waals surface area contributed by atoms with Gasteiger partial charge in [0.2, 0.25) is 5.91 Å². The summed E-state index contributed by atoms with van der Waals surface area (Å²) in [5.41, 5.74) is 1.81. The summed E-state index contributed by atoms with van der Waals surface area (Å²) in [6.07, 6.45) is 1.52. The van der Waals surface area contributed by atoms with Crippen molar-refractivity contribution in [2.24, 2.45) is 0 Å². The van der Waals surface area contributed by atoms with Crippen molar-refractivity contribution in [2.45, 2.75) is 31.3 Å². The topological polar surface area (TPSA) is 122 Å². The fourth-order valence-corrected chi connectivity index (χ4v) is 3.16. The maximum atomic E-state index is 12.3. The number of benzene rings is 1. The molecular weight excluding hydrogens is 350 g/mol. The lowest BCUT2D eigenvalue weighted by atomic mass is 10.1. The molecular formula is C18H19N5O4. The standard InChI is InChI=1S/C18H19N5O4/c24-8-13-12(25)7-15(27-13)23-10-21-16-17(19-9-20-18(16)23)22-14(26)6-11-4-2-1-3-5-11/h1-5,9-10,12-13,15,24-25H,6-8H2,(H,19,20,22,26)/t12-,13+,15+/m0/s1. The van der Waals surface area contributed by atoms with Gasteiger partial charge in [0.15, 0.2) is 17.0 Å². The SMILES string of the molecule is O=C(Cc1ccccc1)Nc1ncnc2c1ncn2[C@H]1C[C@H](O)[C@@H](CO)O1. The summed E-state index contributed by atoms with van der Waals surface area (Å²) in [5.74, 6) is 0.112. The number of anilines is 1. The van der Waals surface area contributed by atoms with E-state index in [9.17, 15) is 15.0 Å². The maximum Gasteiger partial charge on any atom is 0.230 e. The number of aromatic nitrogens is 4. The Labute approximate surface area is 154 Å². The van der Waals surface area contributed by atoms with Crippen LogP contribution < -0.4 is 5.32 Å². The number of aliphatic hydroxyl groups excluding tert-OH is 2. The van der Waals surface area contributed by atoms with Crippen LogP contribution in [0.4, 0.5) is 5.82 Å². The quantitative estimate of drug-likeness (QED) is 0.603. The Morgan fingerprint density at radius 1 is 1.26 bits per heavy atom. The zero-order valence-corrected chi connectivity index (χ0v) is 14.4. The summed E-state index contributed by atoms with van der Waals surface area (Å²) in [6.45, 7) is -0.264. The number of ether oxygens (including phenoxy) is 1. The molecule has 0 spiro atoms. The van der Waals surface area contributed by atoms with Crippen molar-refractivity contribution in [3.05, 3.63) is 48.5 Å². The maximum absolute atomic E-state index is 12.3. The van der Waals surface area contributed by atoms with Crippen LogP contribution in [0.2, 0.25) is 0 Å². The fraction of sp³-hybridized carbons (Fsp3) is 0.333. The second-order valence-corrected chi connectivity index (χ2v) is 6.37. The van der Waals surface area contributed by atoms with Gasteiger partial charge in [-0.25, -0.2) is 15.0 Å². The minimum atomic E-state index is -0.760. The molecule has 1 fully saturated rings. The highest BCUT2D eigenvalue weighted by molar-refractivity contribution is 5.97. The molecule has 1 aliphatic heterocycles. The van der Waals surface area contributed by atoms with E-state index < -0.39 is 18.4 Å². The Morgan fingerprint density at radius 2 is 2.07 bits per heavy atom. The second-order valence-electron chi connectivity index (χ2n) is 6.37. The van der Waals surface area contributed by atoms with Crippen LogP contribution in [0.5, 0.6) is 0 Å². The monoisotopic (exact) mass is 369 g/mol. The van der Waals surface area contributed by atoms with Gasteiger partial charge in [-0.1, -0.05) is 30.3 Å². The molecule has 1 aromatic carbocycles. The zero-order valence-electron chi connectivity index (χ0n) is 14.4. The Hall–Kier alpha value is -2.88. The summed E-state index contributed by atoms with van der Waals surface area (Å²) in [7, 11) is 0. The molecule has 0 saturated carbocycles. The molecule has 1 saturated heterocycles. The number of hydrogen-bond acceptors (Lipinski definition) is 7. The lowest BCUT2D eigenvalue weighted by Crippen LogP contribution is -2.24. The molecule has 3 N–H and O–H groups in total. The van der Waals surface area contributed by atoms with Gasteiger partial charge in [-0.05, 0) is 5.56 Å². The molecule has 140 valence electrons. The van der Waals surface area contributed by atoms with Crippen molar-refractivity contribution in [1.82, 2.24) is 19.5 Å². The third-order valence-corrected chi connectivity index (χ3v) is 4.52. The van der Waals surface area contributed by atoms with Gasteiger partial charge in [0.05, 0.1) is 25.5 Å². The average molecular weight is 369 g/mol. The minimum Gasteiger partial charge on any atom is -0.394 e. The van der Waals surface area contributed by atoms with Gasteiger partial charge in [0.25, 0.3) is 0 Å². The highest BCUT2D eigenvalue weighted by Gasteiger charge is 2.35. The average Bonchev–Trinajstić information content (AvgIpc) is 3.26. The summed E-state index contributed by atoms with van der Waals surface area (Å²) in [6, 6.07) is 9.41. The number of rotatable bonds is 5. The van der Waals surface area contributed by atoms with E-state index >= 15 is 0 Å². The van der Waals surface area contributed by atoms with Crippen LogP contribution in [-0.2, 0) is 16.0 Å². The van der Waals surface area contributed by atoms with E-state index in [4.69, 9.17) is 4.74 Å². The zero-order chi connectivity index (χ0) is 18.8. The van der Waals surface area contributed by atoms with Crippen LogP contribution in [0.15, 0.2) is 43.0 Å². The molecule has 3 atom stereocenters. The van der Waals surface area contributed by atoms with E-state index in [1.54, 1.807) is 4.57 Å². The molecule has 9 heteroatoms. The van der Waals surface area contributed by atoms with Crippen molar-refractivity contribution in [3.8, 4) is 0 Å². The van der Waals surface area contributed by atoms with E-state index in [1.165, 1.54) is 12.7 Å². The van der Waals surface area contributed by atoms with Gasteiger partial charge in [-0.15, -0.1) is 0 Å². The number of carbonyl (C=O) groups excluding carboxylic acids is 1. The van der Waals surface area contributed by atoms with Crippen LogP contribution in [0.1, 0.15) is 18.2 Å². The van der Waals surface area contributed by atoms with E-state index in [1.807, 2.05) is 30.3 Å². The first kappa shape index (κ1) is 17.5. The number of carbonyl (C=O) groups is 1. The molecule has 0 unspecified atom stereocenters. The van der Waals surface area contributed by atoms with Crippen LogP contribution >= 0.6 is 0 Å². The first-order valence-electron chi connectivity index (χ1n) is 8.61. The Morgan fingerprint density at radius 3 is 2.81 bits per heavy atom. The molecule has 27 heavy (non-hydrogen) atoms. The third kappa shape index (κ3) is 3.52. The summed E-state index contributed by atoms with van der Waals surface area (Å²) >= 11 is 0. The number of fused-ring (bicyclic) bond motifs is 1. The van der Waals surface area contributed by atoms with Crippen molar-refractivity contribution >= 4 is 22.9 Å². The molecule has 9 nitrogen and oxygen atoms in total. The van der Waals surface area contributed by atoms with Gasteiger partial charge >= 0.3 is 0 Å². The van der Waals surface area contributed by atoms with Crippen molar-refractivity contribution in [1.29, 1.82) is 0 Å². The fourth-order valence-electron chi connectivity index (χ4n) is 3.16. The van der Waals surface area contributed by atoms with Gasteiger partial charge in [0, 0.05) is 6.42 Å². The van der Waals surface area contributed by atoms with E-state index in [2.05, 4.69) is 20.3 Å². The molecule has 1 amide bonds. The Kier molecular flexibility index (Phi) is 4.80. The normalized spacial score (nSPS) is 22.2. The molecule has 1 aliphatic rings. The van der Waals surface area contributed by atoms with Crippen LogP contribution in [0, 0.1) is 0 Å². The molecule has 4 rings (SSSR count). The largest absolute Gasteiger partial charge is 0.394 e. The predicted octanol–water partition coefficient (Wildman–Crippen LogP) is 0.648. The smallest absolute Gasteiger partial charge is 0.230 e. The van der Waals surface area contributed by atoms with Crippen molar-refractivity contribution in [2.75, 3.05) is 11.9 Å². The van der Waals surface area contributed by atoms with E-state index in [0.717, 1.165) is 5.56 Å². The van der Waals surface area contributed by atoms with E-state index in [-0.39, 0.29) is 18.9 Å². The van der Waals surface area contributed by atoms with Crippen LogP contribution in [-0.4, -0.2) is 54.5 Å². The lowest BCUT2D eigenvalue weighted by molar-refractivity contribution is -0.115. The minimum absolute atomic E-state index is 0.205. The summed E-state index contributed by atoms with van der Waals surface area (Å²) < 4.78 is 7.32. The molecule has 3 aromatic rings. The first-order valence-corrected chi connectivity index (χ1v) is 8.61.